The van der Waals surface area contributed by atoms with E-state index in [9.17, 15) is 0 Å². The number of benzene rings is 4. The van der Waals surface area contributed by atoms with Crippen molar-refractivity contribution >= 4 is 21.5 Å². The Morgan fingerprint density at radius 2 is 1.36 bits per heavy atom. The molecule has 0 saturated heterocycles. The predicted molar refractivity (Wildman–Crippen MR) is 93.4 cm³/mol. The lowest BCUT2D eigenvalue weighted by Crippen LogP contribution is -1.86. The van der Waals surface area contributed by atoms with Gasteiger partial charge in [0.2, 0.25) is 0 Å². The second-order valence-corrected chi connectivity index (χ2v) is 5.42. The molecule has 106 valence electrons. The van der Waals surface area contributed by atoms with Crippen LogP contribution >= 0.6 is 0 Å². The Bertz CT molecular complexity index is 955. The van der Waals surface area contributed by atoms with E-state index in [0.29, 0.717) is 0 Å². The first-order valence-electron chi connectivity index (χ1n) is 7.42. The fourth-order valence-electron chi connectivity index (χ4n) is 3.06. The maximum Gasteiger partial charge on any atom is 0.119 e. The van der Waals surface area contributed by atoms with Gasteiger partial charge in [0.05, 0.1) is 7.11 Å². The predicted octanol–water partition coefficient (Wildman–Crippen LogP) is 5.67. The van der Waals surface area contributed by atoms with Gasteiger partial charge in [-0.2, -0.15) is 0 Å². The van der Waals surface area contributed by atoms with E-state index in [1.165, 1.54) is 32.7 Å². The van der Waals surface area contributed by atoms with Crippen LogP contribution in [-0.4, -0.2) is 7.11 Å². The van der Waals surface area contributed by atoms with Gasteiger partial charge in [0.15, 0.2) is 0 Å². The standard InChI is InChI=1S/C21H16O/c1-22-17-12-11-16-13-20(15-7-3-2-4-8-15)18-9-5-6-10-19(18)21(16)14-17/h2-14H,1H3. The number of hydrogen-bond acceptors (Lipinski definition) is 1. The minimum absolute atomic E-state index is 0.894. The molecule has 4 aromatic rings. The second kappa shape index (κ2) is 5.19. The van der Waals surface area contributed by atoms with Crippen LogP contribution in [-0.2, 0) is 0 Å². The van der Waals surface area contributed by atoms with Crippen LogP contribution < -0.4 is 4.74 Å². The van der Waals surface area contributed by atoms with E-state index in [-0.39, 0.29) is 0 Å². The van der Waals surface area contributed by atoms with E-state index >= 15 is 0 Å². The highest BCUT2D eigenvalue weighted by atomic mass is 16.5. The van der Waals surface area contributed by atoms with Gasteiger partial charge in [-0.3, -0.25) is 0 Å². The first-order chi connectivity index (χ1) is 10.9. The molecule has 0 aliphatic heterocycles. The molecule has 0 unspecified atom stereocenters. The Morgan fingerprint density at radius 3 is 2.14 bits per heavy atom. The largest absolute Gasteiger partial charge is 0.497 e. The van der Waals surface area contributed by atoms with Crippen molar-refractivity contribution in [3.05, 3.63) is 78.9 Å². The van der Waals surface area contributed by atoms with E-state index in [4.69, 9.17) is 4.74 Å². The zero-order valence-corrected chi connectivity index (χ0v) is 12.4. The van der Waals surface area contributed by atoms with Crippen LogP contribution in [0.5, 0.6) is 5.75 Å². The summed E-state index contributed by atoms with van der Waals surface area (Å²) in [6.45, 7) is 0. The summed E-state index contributed by atoms with van der Waals surface area (Å²) in [4.78, 5) is 0. The lowest BCUT2D eigenvalue weighted by atomic mass is 9.93. The molecule has 0 bridgehead atoms. The van der Waals surface area contributed by atoms with Gasteiger partial charge in [-0.1, -0.05) is 60.7 Å². The molecule has 0 aliphatic carbocycles. The molecular formula is C21H16O. The molecule has 0 heterocycles. The van der Waals surface area contributed by atoms with E-state index in [1.54, 1.807) is 7.11 Å². The first kappa shape index (κ1) is 12.9. The SMILES string of the molecule is COc1ccc2cc(-c3ccccc3)c3ccccc3c2c1. The number of methoxy groups -OCH3 is 1. The molecule has 0 spiro atoms. The molecule has 0 atom stereocenters. The topological polar surface area (TPSA) is 9.23 Å². The van der Waals surface area contributed by atoms with Gasteiger partial charge >= 0.3 is 0 Å². The molecule has 0 aliphatic rings. The highest BCUT2D eigenvalue weighted by Crippen LogP contribution is 2.36. The van der Waals surface area contributed by atoms with Crippen LogP contribution in [0.25, 0.3) is 32.7 Å². The summed E-state index contributed by atoms with van der Waals surface area (Å²) in [6.07, 6.45) is 0. The Hall–Kier alpha value is -2.80. The summed E-state index contributed by atoms with van der Waals surface area (Å²) in [5.74, 6) is 0.894. The smallest absolute Gasteiger partial charge is 0.119 e. The highest BCUT2D eigenvalue weighted by Gasteiger charge is 2.08. The van der Waals surface area contributed by atoms with Gasteiger partial charge in [0.1, 0.15) is 5.75 Å². The van der Waals surface area contributed by atoms with Crippen LogP contribution in [0.2, 0.25) is 0 Å². The van der Waals surface area contributed by atoms with Gasteiger partial charge < -0.3 is 4.74 Å². The minimum Gasteiger partial charge on any atom is -0.497 e. The molecule has 0 fully saturated rings. The molecule has 22 heavy (non-hydrogen) atoms. The fraction of sp³-hybridized carbons (Fsp3) is 0.0476. The quantitative estimate of drug-likeness (QED) is 0.431. The van der Waals surface area contributed by atoms with E-state index in [2.05, 4.69) is 72.8 Å². The minimum atomic E-state index is 0.894. The molecule has 0 aromatic heterocycles. The average molecular weight is 284 g/mol. The molecule has 4 aromatic carbocycles. The van der Waals surface area contributed by atoms with Crippen LogP contribution in [0.4, 0.5) is 0 Å². The van der Waals surface area contributed by atoms with E-state index < -0.39 is 0 Å². The highest BCUT2D eigenvalue weighted by molar-refractivity contribution is 6.14. The van der Waals surface area contributed by atoms with Crippen molar-refractivity contribution in [1.29, 1.82) is 0 Å². The molecule has 0 amide bonds. The van der Waals surface area contributed by atoms with Gasteiger partial charge in [-0.25, -0.2) is 0 Å². The lowest BCUT2D eigenvalue weighted by Gasteiger charge is -2.12. The van der Waals surface area contributed by atoms with Gasteiger partial charge in [0.25, 0.3) is 0 Å². The zero-order chi connectivity index (χ0) is 14.9. The van der Waals surface area contributed by atoms with Crippen molar-refractivity contribution in [2.45, 2.75) is 0 Å². The molecule has 4 rings (SSSR count). The van der Waals surface area contributed by atoms with Crippen molar-refractivity contribution in [3.63, 3.8) is 0 Å². The van der Waals surface area contributed by atoms with Crippen LogP contribution in [0, 0.1) is 0 Å². The molecular weight excluding hydrogens is 268 g/mol. The molecule has 0 radical (unpaired) electrons. The average Bonchev–Trinajstić information content (AvgIpc) is 2.61. The molecule has 0 N–H and O–H groups in total. The third kappa shape index (κ3) is 2.03. The Balaban J connectivity index is 2.13. The Kier molecular flexibility index (Phi) is 3.05. The van der Waals surface area contributed by atoms with Crippen LogP contribution in [0.15, 0.2) is 78.9 Å². The summed E-state index contributed by atoms with van der Waals surface area (Å²) in [5.41, 5.74) is 2.52. The van der Waals surface area contributed by atoms with Crippen molar-refractivity contribution in [1.82, 2.24) is 0 Å². The first-order valence-corrected chi connectivity index (χ1v) is 7.42. The van der Waals surface area contributed by atoms with Crippen molar-refractivity contribution in [2.75, 3.05) is 7.11 Å². The Labute approximate surface area is 129 Å². The molecule has 1 heteroatoms. The summed E-state index contributed by atoms with van der Waals surface area (Å²) in [5, 5.41) is 5.00. The van der Waals surface area contributed by atoms with Gasteiger partial charge in [-0.05, 0) is 50.9 Å². The van der Waals surface area contributed by atoms with Crippen molar-refractivity contribution in [3.8, 4) is 16.9 Å². The van der Waals surface area contributed by atoms with E-state index in [1.807, 2.05) is 6.07 Å². The summed E-state index contributed by atoms with van der Waals surface area (Å²) < 4.78 is 5.39. The summed E-state index contributed by atoms with van der Waals surface area (Å²) >= 11 is 0. The third-order valence-corrected chi connectivity index (χ3v) is 4.15. The number of fused-ring (bicyclic) bond motifs is 3. The van der Waals surface area contributed by atoms with Crippen molar-refractivity contribution < 1.29 is 4.74 Å². The van der Waals surface area contributed by atoms with Gasteiger partial charge in [0, 0.05) is 0 Å². The van der Waals surface area contributed by atoms with E-state index in [0.717, 1.165) is 5.75 Å². The molecule has 1 nitrogen and oxygen atoms in total. The van der Waals surface area contributed by atoms with Gasteiger partial charge in [-0.15, -0.1) is 0 Å². The summed E-state index contributed by atoms with van der Waals surface area (Å²) in [6, 6.07) is 27.7. The Morgan fingerprint density at radius 1 is 0.636 bits per heavy atom. The fourth-order valence-corrected chi connectivity index (χ4v) is 3.06. The summed E-state index contributed by atoms with van der Waals surface area (Å²) in [7, 11) is 1.71. The van der Waals surface area contributed by atoms with Crippen LogP contribution in [0.3, 0.4) is 0 Å². The van der Waals surface area contributed by atoms with Crippen LogP contribution in [0.1, 0.15) is 0 Å². The zero-order valence-electron chi connectivity index (χ0n) is 12.4. The normalized spacial score (nSPS) is 11.0. The number of hydrogen-bond donors (Lipinski definition) is 0. The monoisotopic (exact) mass is 284 g/mol. The maximum atomic E-state index is 5.39. The number of ether oxygens (including phenoxy) is 1. The second-order valence-electron chi connectivity index (χ2n) is 5.42. The third-order valence-electron chi connectivity index (χ3n) is 4.15. The molecule has 0 saturated carbocycles. The maximum absolute atomic E-state index is 5.39. The lowest BCUT2D eigenvalue weighted by molar-refractivity contribution is 0.415. The number of rotatable bonds is 2. The van der Waals surface area contributed by atoms with Crippen molar-refractivity contribution in [2.24, 2.45) is 0 Å².